The topological polar surface area (TPSA) is 13.1 Å². The van der Waals surface area contributed by atoms with Crippen LogP contribution < -0.4 is 0 Å². The number of fused-ring (bicyclic) bond motifs is 5. The molecule has 0 aliphatic heterocycles. The van der Waals surface area contributed by atoms with Crippen LogP contribution in [0.25, 0.3) is 43.8 Å². The van der Waals surface area contributed by atoms with Crippen molar-refractivity contribution in [2.75, 3.05) is 0 Å². The molecule has 0 N–H and O–H groups in total. The molecular formula is C25H18O. The molecule has 1 heteroatoms. The fraction of sp³-hybridized carbons (Fsp3) is 0.120. The van der Waals surface area contributed by atoms with Crippen LogP contribution in [0, 0.1) is 0 Å². The van der Waals surface area contributed by atoms with E-state index < -0.39 is 0 Å². The van der Waals surface area contributed by atoms with E-state index in [-0.39, 0.29) is 0 Å². The first-order valence-electron chi connectivity index (χ1n) is 9.31. The predicted molar refractivity (Wildman–Crippen MR) is 109 cm³/mol. The van der Waals surface area contributed by atoms with Crippen LogP contribution in [0.2, 0.25) is 0 Å². The predicted octanol–water partition coefficient (Wildman–Crippen LogP) is 7.28. The van der Waals surface area contributed by atoms with Crippen LogP contribution in [0.3, 0.4) is 0 Å². The van der Waals surface area contributed by atoms with Crippen molar-refractivity contribution in [1.82, 2.24) is 0 Å². The standard InChI is InChI=1S/C25H18O/c1-2-7-21-17(4-1)10-13-23-22-12-11-20(15-24(22)26-25(21)23)19-6-3-5-18(14-19)16-8-9-16/h1-7,10-16H,8-9H2. The first-order valence-corrected chi connectivity index (χ1v) is 9.31. The molecule has 0 atom stereocenters. The van der Waals surface area contributed by atoms with Gasteiger partial charge in [-0.15, -0.1) is 0 Å². The molecule has 5 aromatic rings. The molecule has 1 aromatic heterocycles. The third-order valence-corrected chi connectivity index (χ3v) is 5.63. The van der Waals surface area contributed by atoms with Crippen LogP contribution in [0.5, 0.6) is 0 Å². The Labute approximate surface area is 151 Å². The van der Waals surface area contributed by atoms with Crippen LogP contribution >= 0.6 is 0 Å². The summed E-state index contributed by atoms with van der Waals surface area (Å²) in [7, 11) is 0. The van der Waals surface area contributed by atoms with Gasteiger partial charge in [-0.25, -0.2) is 0 Å². The molecule has 0 saturated heterocycles. The lowest BCUT2D eigenvalue weighted by Crippen LogP contribution is -1.82. The number of hydrogen-bond donors (Lipinski definition) is 0. The van der Waals surface area contributed by atoms with Gasteiger partial charge in [-0.2, -0.15) is 0 Å². The molecule has 1 fully saturated rings. The van der Waals surface area contributed by atoms with Crippen molar-refractivity contribution in [3.63, 3.8) is 0 Å². The molecule has 26 heavy (non-hydrogen) atoms. The highest BCUT2D eigenvalue weighted by Gasteiger charge is 2.23. The maximum absolute atomic E-state index is 6.32. The SMILES string of the molecule is c1cc(-c2ccc3c(c2)oc2c4ccccc4ccc32)cc(C2CC2)c1. The number of rotatable bonds is 2. The molecule has 4 aromatic carbocycles. The van der Waals surface area contributed by atoms with Crippen molar-refractivity contribution in [2.24, 2.45) is 0 Å². The Hall–Kier alpha value is -3.06. The largest absolute Gasteiger partial charge is 0.455 e. The summed E-state index contributed by atoms with van der Waals surface area (Å²) in [6.07, 6.45) is 2.66. The van der Waals surface area contributed by atoms with Crippen molar-refractivity contribution in [2.45, 2.75) is 18.8 Å². The Balaban J connectivity index is 1.57. The number of hydrogen-bond acceptors (Lipinski definition) is 1. The summed E-state index contributed by atoms with van der Waals surface area (Å²) in [5.41, 5.74) is 5.93. The van der Waals surface area contributed by atoms with Crippen molar-refractivity contribution < 1.29 is 4.42 Å². The van der Waals surface area contributed by atoms with Gasteiger partial charge in [-0.3, -0.25) is 0 Å². The van der Waals surface area contributed by atoms with E-state index in [0.717, 1.165) is 17.1 Å². The fourth-order valence-electron chi connectivity index (χ4n) is 4.07. The summed E-state index contributed by atoms with van der Waals surface area (Å²) in [5.74, 6) is 0.774. The van der Waals surface area contributed by atoms with Crippen molar-refractivity contribution in [1.29, 1.82) is 0 Å². The summed E-state index contributed by atoms with van der Waals surface area (Å²) in [6, 6.07) is 28.4. The highest BCUT2D eigenvalue weighted by Crippen LogP contribution is 2.41. The molecule has 6 rings (SSSR count). The van der Waals surface area contributed by atoms with Gasteiger partial charge in [0.15, 0.2) is 0 Å². The van der Waals surface area contributed by atoms with E-state index >= 15 is 0 Å². The summed E-state index contributed by atoms with van der Waals surface area (Å²) >= 11 is 0. The van der Waals surface area contributed by atoms with Crippen LogP contribution in [0.4, 0.5) is 0 Å². The maximum atomic E-state index is 6.32. The second-order valence-corrected chi connectivity index (χ2v) is 7.38. The van der Waals surface area contributed by atoms with Gasteiger partial charge >= 0.3 is 0 Å². The van der Waals surface area contributed by atoms with Gasteiger partial charge in [-0.1, -0.05) is 60.7 Å². The van der Waals surface area contributed by atoms with Gasteiger partial charge in [0.1, 0.15) is 11.2 Å². The van der Waals surface area contributed by atoms with E-state index in [4.69, 9.17) is 4.42 Å². The minimum Gasteiger partial charge on any atom is -0.455 e. The summed E-state index contributed by atoms with van der Waals surface area (Å²) in [5, 5.41) is 4.78. The Morgan fingerprint density at radius 2 is 1.50 bits per heavy atom. The van der Waals surface area contributed by atoms with Gasteiger partial charge in [0.05, 0.1) is 0 Å². The lowest BCUT2D eigenvalue weighted by atomic mass is 9.99. The van der Waals surface area contributed by atoms with Crippen LogP contribution in [-0.4, -0.2) is 0 Å². The Kier molecular flexibility index (Phi) is 2.84. The summed E-state index contributed by atoms with van der Waals surface area (Å²) in [4.78, 5) is 0. The van der Waals surface area contributed by atoms with Gasteiger partial charge in [0.25, 0.3) is 0 Å². The molecular weight excluding hydrogens is 316 g/mol. The van der Waals surface area contributed by atoms with E-state index in [1.165, 1.54) is 51.1 Å². The monoisotopic (exact) mass is 334 g/mol. The summed E-state index contributed by atoms with van der Waals surface area (Å²) < 4.78 is 6.32. The molecule has 1 nitrogen and oxygen atoms in total. The van der Waals surface area contributed by atoms with E-state index in [1.807, 2.05) is 0 Å². The first-order chi connectivity index (χ1) is 12.9. The van der Waals surface area contributed by atoms with Gasteiger partial charge < -0.3 is 4.42 Å². The highest BCUT2D eigenvalue weighted by molar-refractivity contribution is 6.15. The third kappa shape index (κ3) is 2.10. The summed E-state index contributed by atoms with van der Waals surface area (Å²) in [6.45, 7) is 0. The average Bonchev–Trinajstić information content (AvgIpc) is 3.48. The zero-order valence-corrected chi connectivity index (χ0v) is 14.4. The van der Waals surface area contributed by atoms with Crippen LogP contribution in [0.1, 0.15) is 24.3 Å². The fourth-order valence-corrected chi connectivity index (χ4v) is 4.07. The van der Waals surface area contributed by atoms with Gasteiger partial charge in [-0.05, 0) is 59.0 Å². The molecule has 1 saturated carbocycles. The van der Waals surface area contributed by atoms with Crippen molar-refractivity contribution >= 4 is 32.7 Å². The molecule has 0 unspecified atom stereocenters. The zero-order chi connectivity index (χ0) is 17.1. The Bertz CT molecular complexity index is 1290. The zero-order valence-electron chi connectivity index (χ0n) is 14.4. The molecule has 124 valence electrons. The average molecular weight is 334 g/mol. The maximum Gasteiger partial charge on any atom is 0.143 e. The Morgan fingerprint density at radius 1 is 0.654 bits per heavy atom. The Morgan fingerprint density at radius 3 is 2.42 bits per heavy atom. The lowest BCUT2D eigenvalue weighted by Gasteiger charge is -2.04. The second-order valence-electron chi connectivity index (χ2n) is 7.38. The smallest absolute Gasteiger partial charge is 0.143 e. The third-order valence-electron chi connectivity index (χ3n) is 5.63. The molecule has 1 aliphatic carbocycles. The molecule has 1 heterocycles. The van der Waals surface area contributed by atoms with Crippen LogP contribution in [0.15, 0.2) is 83.3 Å². The normalized spacial score (nSPS) is 14.5. The van der Waals surface area contributed by atoms with Gasteiger partial charge in [0.2, 0.25) is 0 Å². The number of furan rings is 1. The van der Waals surface area contributed by atoms with Crippen LogP contribution in [-0.2, 0) is 0 Å². The van der Waals surface area contributed by atoms with Crippen molar-refractivity contribution in [3.8, 4) is 11.1 Å². The highest BCUT2D eigenvalue weighted by atomic mass is 16.3. The minimum absolute atomic E-state index is 0.774. The molecule has 0 amide bonds. The minimum atomic E-state index is 0.774. The van der Waals surface area contributed by atoms with Gasteiger partial charge in [0, 0.05) is 16.2 Å². The molecule has 0 radical (unpaired) electrons. The second kappa shape index (κ2) is 5.22. The quantitative estimate of drug-likeness (QED) is 0.330. The van der Waals surface area contributed by atoms with Crippen molar-refractivity contribution in [3.05, 3.63) is 84.4 Å². The number of benzene rings is 4. The molecule has 0 bridgehead atoms. The molecule has 1 aliphatic rings. The van der Waals surface area contributed by atoms with E-state index in [1.54, 1.807) is 0 Å². The first kappa shape index (κ1) is 14.1. The lowest BCUT2D eigenvalue weighted by molar-refractivity contribution is 0.673. The molecule has 0 spiro atoms. The van der Waals surface area contributed by atoms with E-state index in [2.05, 4.69) is 78.9 Å². The van der Waals surface area contributed by atoms with E-state index in [9.17, 15) is 0 Å². The van der Waals surface area contributed by atoms with E-state index in [0.29, 0.717) is 0 Å².